The molecule has 0 aliphatic rings. The lowest BCUT2D eigenvalue weighted by Gasteiger charge is -2.02. The van der Waals surface area contributed by atoms with Crippen LogP contribution in [0.15, 0.2) is 36.7 Å². The highest BCUT2D eigenvalue weighted by atomic mass is 16.1. The van der Waals surface area contributed by atoms with Crippen molar-refractivity contribution in [1.82, 2.24) is 9.97 Å². The van der Waals surface area contributed by atoms with Crippen LogP contribution in [0.5, 0.6) is 0 Å². The largest absolute Gasteiger partial charge is 0.399 e. The Kier molecular flexibility index (Phi) is 2.37. The summed E-state index contributed by atoms with van der Waals surface area (Å²) in [6, 6.07) is 6.75. The number of benzene rings is 1. The Morgan fingerprint density at radius 3 is 3.00 bits per heavy atom. The fourth-order valence-electron chi connectivity index (χ4n) is 1.19. The van der Waals surface area contributed by atoms with E-state index in [0.717, 1.165) is 0 Å². The van der Waals surface area contributed by atoms with E-state index in [1.54, 1.807) is 36.7 Å². The van der Waals surface area contributed by atoms with Crippen LogP contribution in [-0.4, -0.2) is 15.9 Å². The number of hydrogen-bond donors (Lipinski definition) is 3. The molecule has 0 atom stereocenters. The van der Waals surface area contributed by atoms with Gasteiger partial charge in [0.05, 0.1) is 0 Å². The van der Waals surface area contributed by atoms with Gasteiger partial charge < -0.3 is 10.7 Å². The number of aromatic amines is 1. The molecule has 0 spiro atoms. The molecule has 2 rings (SSSR count). The van der Waals surface area contributed by atoms with E-state index in [4.69, 9.17) is 5.73 Å². The lowest BCUT2D eigenvalue weighted by Crippen LogP contribution is -2.13. The predicted molar refractivity (Wildman–Crippen MR) is 57.4 cm³/mol. The van der Waals surface area contributed by atoms with Crippen molar-refractivity contribution in [2.75, 3.05) is 11.1 Å². The van der Waals surface area contributed by atoms with Gasteiger partial charge in [-0.25, -0.2) is 4.98 Å². The lowest BCUT2D eigenvalue weighted by molar-refractivity contribution is 0.102. The average Bonchev–Trinajstić information content (AvgIpc) is 2.70. The van der Waals surface area contributed by atoms with Gasteiger partial charge in [-0.15, -0.1) is 0 Å². The van der Waals surface area contributed by atoms with Gasteiger partial charge in [0.1, 0.15) is 0 Å². The number of rotatable bonds is 2. The highest BCUT2D eigenvalue weighted by Crippen LogP contribution is 2.08. The zero-order valence-electron chi connectivity index (χ0n) is 7.90. The smallest absolute Gasteiger partial charge is 0.258 e. The molecule has 0 bridgehead atoms. The molecule has 15 heavy (non-hydrogen) atoms. The molecule has 0 saturated carbocycles. The van der Waals surface area contributed by atoms with Crippen LogP contribution in [0.25, 0.3) is 0 Å². The van der Waals surface area contributed by atoms with Gasteiger partial charge in [0.2, 0.25) is 5.95 Å². The first-order chi connectivity index (χ1) is 7.25. The molecular formula is C10H10N4O. The van der Waals surface area contributed by atoms with Crippen molar-refractivity contribution in [2.24, 2.45) is 0 Å². The number of amides is 1. The third-order valence-corrected chi connectivity index (χ3v) is 1.88. The molecule has 0 aliphatic heterocycles. The highest BCUT2D eigenvalue weighted by Gasteiger charge is 2.06. The second-order valence-corrected chi connectivity index (χ2v) is 3.02. The standard InChI is InChI=1S/C10H10N4O/c11-8-3-1-2-7(6-8)9(15)14-10-12-4-5-13-10/h1-6H,11H2,(H2,12,13,14,15). The van der Waals surface area contributed by atoms with E-state index in [9.17, 15) is 4.79 Å². The number of nitrogens with one attached hydrogen (secondary N) is 2. The number of nitrogen functional groups attached to an aromatic ring is 1. The van der Waals surface area contributed by atoms with Gasteiger partial charge in [-0.05, 0) is 18.2 Å². The van der Waals surface area contributed by atoms with E-state index in [-0.39, 0.29) is 5.91 Å². The topological polar surface area (TPSA) is 83.8 Å². The quantitative estimate of drug-likeness (QED) is 0.640. The number of carbonyl (C=O) groups is 1. The minimum Gasteiger partial charge on any atom is -0.399 e. The van der Waals surface area contributed by atoms with Crippen molar-refractivity contribution in [3.63, 3.8) is 0 Å². The number of hydrogen-bond acceptors (Lipinski definition) is 3. The molecule has 0 fully saturated rings. The van der Waals surface area contributed by atoms with Crippen molar-refractivity contribution in [2.45, 2.75) is 0 Å². The molecule has 0 saturated heterocycles. The summed E-state index contributed by atoms with van der Waals surface area (Å²) >= 11 is 0. The number of imidazole rings is 1. The molecule has 1 amide bonds. The van der Waals surface area contributed by atoms with Crippen LogP contribution in [0.1, 0.15) is 10.4 Å². The molecule has 0 aliphatic carbocycles. The van der Waals surface area contributed by atoms with Gasteiger partial charge in [0.25, 0.3) is 5.91 Å². The molecule has 1 aromatic carbocycles. The van der Waals surface area contributed by atoms with Crippen molar-refractivity contribution >= 4 is 17.5 Å². The second-order valence-electron chi connectivity index (χ2n) is 3.02. The van der Waals surface area contributed by atoms with E-state index in [1.807, 2.05) is 0 Å². The summed E-state index contributed by atoms with van der Waals surface area (Å²) in [7, 11) is 0. The van der Waals surface area contributed by atoms with Crippen LogP contribution >= 0.6 is 0 Å². The van der Waals surface area contributed by atoms with E-state index in [1.165, 1.54) is 0 Å². The number of aromatic nitrogens is 2. The van der Waals surface area contributed by atoms with E-state index in [0.29, 0.717) is 17.2 Å². The second kappa shape index (κ2) is 3.83. The molecule has 0 radical (unpaired) electrons. The first-order valence-electron chi connectivity index (χ1n) is 4.42. The summed E-state index contributed by atoms with van der Waals surface area (Å²) in [5.41, 5.74) is 6.63. The summed E-state index contributed by atoms with van der Waals surface area (Å²) in [4.78, 5) is 18.3. The molecule has 1 aromatic heterocycles. The van der Waals surface area contributed by atoms with Crippen molar-refractivity contribution < 1.29 is 4.79 Å². The Hall–Kier alpha value is -2.30. The maximum absolute atomic E-state index is 11.6. The Labute approximate surface area is 86.3 Å². The first kappa shape index (κ1) is 9.26. The third kappa shape index (κ3) is 2.14. The van der Waals surface area contributed by atoms with E-state index in [2.05, 4.69) is 15.3 Å². The molecule has 5 nitrogen and oxygen atoms in total. The number of anilines is 2. The summed E-state index contributed by atoms with van der Waals surface area (Å²) in [5, 5.41) is 2.60. The fourth-order valence-corrected chi connectivity index (χ4v) is 1.19. The Morgan fingerprint density at radius 2 is 2.33 bits per heavy atom. The molecule has 76 valence electrons. The fraction of sp³-hybridized carbons (Fsp3) is 0. The highest BCUT2D eigenvalue weighted by molar-refractivity contribution is 6.03. The number of H-pyrrole nitrogens is 1. The molecule has 1 heterocycles. The van der Waals surface area contributed by atoms with Crippen molar-refractivity contribution in [1.29, 1.82) is 0 Å². The molecule has 0 unspecified atom stereocenters. The number of nitrogens with two attached hydrogens (primary N) is 1. The van der Waals surface area contributed by atoms with E-state index < -0.39 is 0 Å². The SMILES string of the molecule is Nc1cccc(C(=O)Nc2ncc[nH]2)c1. The number of nitrogens with zero attached hydrogens (tertiary/aromatic N) is 1. The minimum atomic E-state index is -0.239. The molecular weight excluding hydrogens is 192 g/mol. The predicted octanol–water partition coefficient (Wildman–Crippen LogP) is 1.24. The van der Waals surface area contributed by atoms with Crippen LogP contribution in [0.4, 0.5) is 11.6 Å². The van der Waals surface area contributed by atoms with Crippen LogP contribution in [0.2, 0.25) is 0 Å². The maximum atomic E-state index is 11.6. The lowest BCUT2D eigenvalue weighted by atomic mass is 10.2. The summed E-state index contributed by atoms with van der Waals surface area (Å²) < 4.78 is 0. The summed E-state index contributed by atoms with van der Waals surface area (Å²) in [5.74, 6) is 0.180. The first-order valence-corrected chi connectivity index (χ1v) is 4.42. The molecule has 2 aromatic rings. The van der Waals surface area contributed by atoms with Crippen molar-refractivity contribution in [3.8, 4) is 0 Å². The van der Waals surface area contributed by atoms with Gasteiger partial charge in [0.15, 0.2) is 0 Å². The Bertz CT molecular complexity index is 464. The van der Waals surface area contributed by atoms with Gasteiger partial charge >= 0.3 is 0 Å². The van der Waals surface area contributed by atoms with Crippen molar-refractivity contribution in [3.05, 3.63) is 42.2 Å². The van der Waals surface area contributed by atoms with Crippen LogP contribution < -0.4 is 11.1 Å². The van der Waals surface area contributed by atoms with Gasteiger partial charge in [-0.3, -0.25) is 10.1 Å². The molecule has 4 N–H and O–H groups in total. The van der Waals surface area contributed by atoms with Crippen LogP contribution in [-0.2, 0) is 0 Å². The maximum Gasteiger partial charge on any atom is 0.258 e. The van der Waals surface area contributed by atoms with Gasteiger partial charge in [0, 0.05) is 23.6 Å². The van der Waals surface area contributed by atoms with E-state index >= 15 is 0 Å². The molecule has 5 heteroatoms. The number of carbonyl (C=O) groups excluding carboxylic acids is 1. The zero-order valence-corrected chi connectivity index (χ0v) is 7.90. The summed E-state index contributed by atoms with van der Waals surface area (Å²) in [6.07, 6.45) is 3.20. The minimum absolute atomic E-state index is 0.239. The van der Waals surface area contributed by atoms with Gasteiger partial charge in [-0.1, -0.05) is 6.07 Å². The Morgan fingerprint density at radius 1 is 1.47 bits per heavy atom. The normalized spacial score (nSPS) is 9.87. The third-order valence-electron chi connectivity index (χ3n) is 1.88. The monoisotopic (exact) mass is 202 g/mol. The van der Waals surface area contributed by atoms with Crippen LogP contribution in [0.3, 0.4) is 0 Å². The van der Waals surface area contributed by atoms with Crippen LogP contribution in [0, 0.1) is 0 Å². The zero-order chi connectivity index (χ0) is 10.7. The van der Waals surface area contributed by atoms with Gasteiger partial charge in [-0.2, -0.15) is 0 Å². The average molecular weight is 202 g/mol. The summed E-state index contributed by atoms with van der Waals surface area (Å²) in [6.45, 7) is 0. The Balaban J connectivity index is 2.15.